The van der Waals surface area contributed by atoms with Gasteiger partial charge in [0.1, 0.15) is 0 Å². The predicted molar refractivity (Wildman–Crippen MR) is 67.2 cm³/mol. The van der Waals surface area contributed by atoms with E-state index in [4.69, 9.17) is 11.6 Å². The highest BCUT2D eigenvalue weighted by Gasteiger charge is 2.13. The van der Waals surface area contributed by atoms with Crippen molar-refractivity contribution >= 4 is 28.3 Å². The highest BCUT2D eigenvalue weighted by atomic mass is 35.5. The Hall–Kier alpha value is -1.28. The summed E-state index contributed by atoms with van der Waals surface area (Å²) in [5.74, 6) is 0.168. The minimum absolute atomic E-state index is 0.168. The minimum atomic E-state index is 0.168. The largest absolute Gasteiger partial charge is 0.360 e. The molecule has 2 rings (SSSR count). The van der Waals surface area contributed by atoms with Crippen LogP contribution < -0.4 is 0 Å². The maximum atomic E-state index is 12.0. The molecule has 0 saturated carbocycles. The van der Waals surface area contributed by atoms with E-state index < -0.39 is 0 Å². The lowest BCUT2D eigenvalue weighted by atomic mass is 10.0. The molecule has 0 aliphatic heterocycles. The monoisotopic (exact) mass is 235 g/mol. The van der Waals surface area contributed by atoms with Gasteiger partial charge in [0.05, 0.1) is 5.02 Å². The van der Waals surface area contributed by atoms with Gasteiger partial charge >= 0.3 is 0 Å². The van der Waals surface area contributed by atoms with Gasteiger partial charge in [-0.2, -0.15) is 0 Å². The van der Waals surface area contributed by atoms with E-state index in [0.717, 1.165) is 23.7 Å². The summed E-state index contributed by atoms with van der Waals surface area (Å²) >= 11 is 6.11. The first kappa shape index (κ1) is 11.2. The van der Waals surface area contributed by atoms with Gasteiger partial charge in [0.25, 0.3) is 0 Å². The molecule has 1 N–H and O–H groups in total. The van der Waals surface area contributed by atoms with E-state index in [9.17, 15) is 4.79 Å². The van der Waals surface area contributed by atoms with E-state index in [1.807, 2.05) is 18.2 Å². The van der Waals surface area contributed by atoms with Gasteiger partial charge in [-0.15, -0.1) is 0 Å². The number of H-pyrrole nitrogens is 1. The third kappa shape index (κ3) is 1.98. The normalized spacial score (nSPS) is 10.9. The number of nitrogens with one attached hydrogen (secondary N) is 1. The number of Topliss-reactive ketones (excluding diaryl/α,β-unsaturated/α-hetero) is 1. The quantitative estimate of drug-likeness (QED) is 0.792. The second kappa shape index (κ2) is 4.71. The highest BCUT2D eigenvalue weighted by Crippen LogP contribution is 2.27. The molecule has 0 spiro atoms. The Kier molecular flexibility index (Phi) is 3.30. The molecule has 0 aliphatic rings. The maximum absolute atomic E-state index is 12.0. The summed E-state index contributed by atoms with van der Waals surface area (Å²) in [6.45, 7) is 2.08. The Bertz CT molecular complexity index is 516. The Morgan fingerprint density at radius 1 is 1.44 bits per heavy atom. The van der Waals surface area contributed by atoms with Gasteiger partial charge in [0.2, 0.25) is 0 Å². The molecule has 1 aromatic carbocycles. The van der Waals surface area contributed by atoms with Crippen molar-refractivity contribution in [2.45, 2.75) is 26.2 Å². The molecule has 0 bridgehead atoms. The summed E-state index contributed by atoms with van der Waals surface area (Å²) < 4.78 is 0. The summed E-state index contributed by atoms with van der Waals surface area (Å²) in [4.78, 5) is 15.0. The van der Waals surface area contributed by atoms with Gasteiger partial charge in [-0.25, -0.2) is 0 Å². The number of carbonyl (C=O) groups excluding carboxylic acids is 1. The number of carbonyl (C=O) groups is 1. The number of hydrogen-bond donors (Lipinski definition) is 1. The van der Waals surface area contributed by atoms with E-state index >= 15 is 0 Å². The van der Waals surface area contributed by atoms with Crippen LogP contribution in [0.25, 0.3) is 10.9 Å². The van der Waals surface area contributed by atoms with Crippen LogP contribution in [0.5, 0.6) is 0 Å². The van der Waals surface area contributed by atoms with Crippen LogP contribution in [0, 0.1) is 0 Å². The Morgan fingerprint density at radius 3 is 3.00 bits per heavy atom. The zero-order valence-corrected chi connectivity index (χ0v) is 9.97. The maximum Gasteiger partial charge on any atom is 0.165 e. The standard InChI is InChI=1S/C13H14ClNO/c1-2-3-7-12(16)9-8-15-11-6-4-5-10(14)13(9)11/h4-6,8,15H,2-3,7H2,1H3. The van der Waals surface area contributed by atoms with Crippen LogP contribution >= 0.6 is 11.6 Å². The summed E-state index contributed by atoms with van der Waals surface area (Å²) in [6, 6.07) is 5.62. The average molecular weight is 236 g/mol. The van der Waals surface area contributed by atoms with E-state index in [0.29, 0.717) is 17.0 Å². The average Bonchev–Trinajstić information content (AvgIpc) is 2.71. The van der Waals surface area contributed by atoms with Gasteiger partial charge in [-0.1, -0.05) is 31.0 Å². The number of aromatic amines is 1. The van der Waals surface area contributed by atoms with Crippen molar-refractivity contribution in [2.24, 2.45) is 0 Å². The fourth-order valence-electron chi connectivity index (χ4n) is 1.83. The third-order valence-electron chi connectivity index (χ3n) is 2.71. The summed E-state index contributed by atoms with van der Waals surface area (Å²) in [5, 5.41) is 1.49. The molecule has 0 fully saturated rings. The first-order valence-corrected chi connectivity index (χ1v) is 5.90. The van der Waals surface area contributed by atoms with Gasteiger partial charge in [0.15, 0.2) is 5.78 Å². The van der Waals surface area contributed by atoms with Crippen molar-refractivity contribution in [3.8, 4) is 0 Å². The molecule has 16 heavy (non-hydrogen) atoms. The predicted octanol–water partition coefficient (Wildman–Crippen LogP) is 4.19. The van der Waals surface area contributed by atoms with Crippen molar-refractivity contribution < 1.29 is 4.79 Å². The van der Waals surface area contributed by atoms with Crippen molar-refractivity contribution in [1.29, 1.82) is 0 Å². The second-order valence-electron chi connectivity index (χ2n) is 3.89. The Morgan fingerprint density at radius 2 is 2.25 bits per heavy atom. The molecule has 0 aliphatic carbocycles. The minimum Gasteiger partial charge on any atom is -0.360 e. The fraction of sp³-hybridized carbons (Fsp3) is 0.308. The lowest BCUT2D eigenvalue weighted by Gasteiger charge is -1.99. The lowest BCUT2D eigenvalue weighted by Crippen LogP contribution is -1.97. The summed E-state index contributed by atoms with van der Waals surface area (Å²) in [5.41, 5.74) is 1.64. The SMILES string of the molecule is CCCCC(=O)c1c[nH]c2cccc(Cl)c12. The smallest absolute Gasteiger partial charge is 0.165 e. The van der Waals surface area contributed by atoms with E-state index in [-0.39, 0.29) is 5.78 Å². The summed E-state index contributed by atoms with van der Waals surface area (Å²) in [6.07, 6.45) is 4.31. The molecule has 2 nitrogen and oxygen atoms in total. The second-order valence-corrected chi connectivity index (χ2v) is 4.30. The number of fused-ring (bicyclic) bond motifs is 1. The topological polar surface area (TPSA) is 32.9 Å². The molecule has 0 unspecified atom stereocenters. The van der Waals surface area contributed by atoms with Crippen LogP contribution in [-0.2, 0) is 0 Å². The van der Waals surface area contributed by atoms with Crippen LogP contribution in [0.15, 0.2) is 24.4 Å². The third-order valence-corrected chi connectivity index (χ3v) is 3.03. The van der Waals surface area contributed by atoms with Crippen LogP contribution in [-0.4, -0.2) is 10.8 Å². The molecule has 1 heterocycles. The zero-order chi connectivity index (χ0) is 11.5. The van der Waals surface area contributed by atoms with Gasteiger partial charge in [-0.3, -0.25) is 4.79 Å². The van der Waals surface area contributed by atoms with Crippen LogP contribution in [0.1, 0.15) is 36.5 Å². The molecule has 0 atom stereocenters. The lowest BCUT2D eigenvalue weighted by molar-refractivity contribution is 0.0981. The van der Waals surface area contributed by atoms with E-state index in [1.165, 1.54) is 0 Å². The van der Waals surface area contributed by atoms with Crippen molar-refractivity contribution in [3.05, 3.63) is 35.0 Å². The molecule has 0 saturated heterocycles. The van der Waals surface area contributed by atoms with Crippen molar-refractivity contribution in [3.63, 3.8) is 0 Å². The summed E-state index contributed by atoms with van der Waals surface area (Å²) in [7, 11) is 0. The number of rotatable bonds is 4. The highest BCUT2D eigenvalue weighted by molar-refractivity contribution is 6.36. The number of aromatic nitrogens is 1. The molecule has 0 amide bonds. The van der Waals surface area contributed by atoms with Gasteiger partial charge in [0, 0.05) is 29.1 Å². The number of hydrogen-bond acceptors (Lipinski definition) is 1. The molecule has 0 radical (unpaired) electrons. The van der Waals surface area contributed by atoms with Crippen molar-refractivity contribution in [2.75, 3.05) is 0 Å². The first-order chi connectivity index (χ1) is 7.74. The van der Waals surface area contributed by atoms with Crippen LogP contribution in [0.4, 0.5) is 0 Å². The molecule has 3 heteroatoms. The molecular weight excluding hydrogens is 222 g/mol. The molecule has 1 aromatic heterocycles. The van der Waals surface area contributed by atoms with Crippen LogP contribution in [0.2, 0.25) is 5.02 Å². The number of unbranched alkanes of at least 4 members (excludes halogenated alkanes) is 1. The Balaban J connectivity index is 2.41. The molecular formula is C13H14ClNO. The fourth-order valence-corrected chi connectivity index (χ4v) is 2.11. The van der Waals surface area contributed by atoms with Crippen LogP contribution in [0.3, 0.4) is 0 Å². The van der Waals surface area contributed by atoms with E-state index in [1.54, 1.807) is 6.20 Å². The van der Waals surface area contributed by atoms with Gasteiger partial charge in [-0.05, 0) is 18.6 Å². The Labute approximate surface area is 99.6 Å². The van der Waals surface area contributed by atoms with Gasteiger partial charge < -0.3 is 4.98 Å². The molecule has 84 valence electrons. The number of benzene rings is 1. The number of halogens is 1. The van der Waals surface area contributed by atoms with E-state index in [2.05, 4.69) is 11.9 Å². The van der Waals surface area contributed by atoms with Crippen molar-refractivity contribution in [1.82, 2.24) is 4.98 Å². The number of ketones is 1. The zero-order valence-electron chi connectivity index (χ0n) is 9.22. The molecule has 2 aromatic rings. The first-order valence-electron chi connectivity index (χ1n) is 5.53.